The predicted molar refractivity (Wildman–Crippen MR) is 81.8 cm³/mol. The summed E-state index contributed by atoms with van der Waals surface area (Å²) in [5, 5.41) is 0. The van der Waals surface area contributed by atoms with Gasteiger partial charge >= 0.3 is 11.9 Å². The molecule has 1 aromatic carbocycles. The maximum atomic E-state index is 14.4. The van der Waals surface area contributed by atoms with E-state index in [9.17, 15) is 22.5 Å². The van der Waals surface area contributed by atoms with Crippen LogP contribution in [0.25, 0.3) is 0 Å². The van der Waals surface area contributed by atoms with Gasteiger partial charge in [0.1, 0.15) is 10.6 Å². The SMILES string of the molecule is CCOC(=O)C(F)(F)[C@@H](N[S+]([O-])C(C)(C)C)c1cccc(F)c1. The van der Waals surface area contributed by atoms with Crippen LogP contribution in [0, 0.1) is 5.82 Å². The van der Waals surface area contributed by atoms with Crippen LogP contribution in [0.3, 0.4) is 0 Å². The van der Waals surface area contributed by atoms with Crippen molar-refractivity contribution in [3.8, 4) is 0 Å². The van der Waals surface area contributed by atoms with Crippen LogP contribution in [0.5, 0.6) is 0 Å². The largest absolute Gasteiger partial charge is 0.598 e. The van der Waals surface area contributed by atoms with E-state index in [0.29, 0.717) is 0 Å². The zero-order chi connectivity index (χ0) is 17.8. The molecule has 4 nitrogen and oxygen atoms in total. The van der Waals surface area contributed by atoms with E-state index in [2.05, 4.69) is 9.46 Å². The van der Waals surface area contributed by atoms with Crippen LogP contribution < -0.4 is 4.72 Å². The Kier molecular flexibility index (Phi) is 6.49. The molecule has 0 saturated carbocycles. The van der Waals surface area contributed by atoms with Crippen molar-refractivity contribution in [2.24, 2.45) is 0 Å². The number of hydrogen-bond acceptors (Lipinski definition) is 4. The highest BCUT2D eigenvalue weighted by molar-refractivity contribution is 7.90. The second kappa shape index (κ2) is 7.55. The minimum atomic E-state index is -4.01. The lowest BCUT2D eigenvalue weighted by molar-refractivity contribution is -0.175. The lowest BCUT2D eigenvalue weighted by Crippen LogP contribution is -2.50. The van der Waals surface area contributed by atoms with Crippen molar-refractivity contribution in [2.75, 3.05) is 6.61 Å². The summed E-state index contributed by atoms with van der Waals surface area (Å²) in [7, 11) is 0. The maximum Gasteiger partial charge on any atom is 0.379 e. The van der Waals surface area contributed by atoms with Crippen LogP contribution >= 0.6 is 0 Å². The van der Waals surface area contributed by atoms with Crippen molar-refractivity contribution < 1.29 is 27.3 Å². The molecule has 0 aromatic heterocycles. The van der Waals surface area contributed by atoms with E-state index < -0.39 is 39.9 Å². The maximum absolute atomic E-state index is 14.4. The highest BCUT2D eigenvalue weighted by Crippen LogP contribution is 2.35. The van der Waals surface area contributed by atoms with Gasteiger partial charge in [-0.15, -0.1) is 4.72 Å². The summed E-state index contributed by atoms with van der Waals surface area (Å²) in [5.41, 5.74) is -0.194. The number of ether oxygens (including phenoxy) is 1. The van der Waals surface area contributed by atoms with E-state index >= 15 is 0 Å². The average Bonchev–Trinajstić information content (AvgIpc) is 2.43. The first-order valence-electron chi connectivity index (χ1n) is 6.98. The number of rotatable bonds is 6. The van der Waals surface area contributed by atoms with Crippen molar-refractivity contribution in [3.05, 3.63) is 35.6 Å². The van der Waals surface area contributed by atoms with Crippen LogP contribution in [0.1, 0.15) is 39.3 Å². The van der Waals surface area contributed by atoms with Gasteiger partial charge in [0, 0.05) is 11.4 Å². The van der Waals surface area contributed by atoms with E-state index in [1.807, 2.05) is 0 Å². The molecule has 130 valence electrons. The first kappa shape index (κ1) is 19.8. The molecule has 0 spiro atoms. The molecule has 0 radical (unpaired) electrons. The predicted octanol–water partition coefficient (Wildman–Crippen LogP) is 3.12. The molecule has 0 bridgehead atoms. The van der Waals surface area contributed by atoms with Crippen molar-refractivity contribution in [1.29, 1.82) is 0 Å². The summed E-state index contributed by atoms with van der Waals surface area (Å²) < 4.78 is 60.2. The normalized spacial score (nSPS) is 15.1. The van der Waals surface area contributed by atoms with Crippen LogP contribution in [0.15, 0.2) is 24.3 Å². The Labute approximate surface area is 136 Å². The van der Waals surface area contributed by atoms with E-state index in [0.717, 1.165) is 12.1 Å². The lowest BCUT2D eigenvalue weighted by atomic mass is 10.0. The summed E-state index contributed by atoms with van der Waals surface area (Å²) in [6.45, 7) is 5.92. The van der Waals surface area contributed by atoms with Gasteiger partial charge in [-0.3, -0.25) is 0 Å². The third-order valence-corrected chi connectivity index (χ3v) is 4.44. The smallest absolute Gasteiger partial charge is 0.379 e. The van der Waals surface area contributed by atoms with Crippen LogP contribution in [0.2, 0.25) is 0 Å². The summed E-state index contributed by atoms with van der Waals surface area (Å²) in [6.07, 6.45) is 0. The Balaban J connectivity index is 3.23. The van der Waals surface area contributed by atoms with E-state index in [4.69, 9.17) is 0 Å². The lowest BCUT2D eigenvalue weighted by Gasteiger charge is -2.31. The number of carbonyl (C=O) groups excluding carboxylic acids is 1. The Morgan fingerprint density at radius 2 is 2.00 bits per heavy atom. The summed E-state index contributed by atoms with van der Waals surface area (Å²) in [4.78, 5) is 11.6. The molecule has 0 aliphatic carbocycles. The molecule has 0 aliphatic heterocycles. The van der Waals surface area contributed by atoms with Crippen LogP contribution in [-0.4, -0.2) is 27.8 Å². The van der Waals surface area contributed by atoms with Crippen molar-refractivity contribution in [1.82, 2.24) is 4.72 Å². The van der Waals surface area contributed by atoms with E-state index in [1.165, 1.54) is 19.1 Å². The molecular weight excluding hydrogens is 331 g/mol. The fourth-order valence-corrected chi connectivity index (χ4v) is 2.52. The quantitative estimate of drug-likeness (QED) is 0.632. The molecule has 0 aliphatic rings. The third-order valence-electron chi connectivity index (χ3n) is 2.87. The monoisotopic (exact) mass is 351 g/mol. The van der Waals surface area contributed by atoms with Gasteiger partial charge in [-0.25, -0.2) is 9.18 Å². The second-order valence-corrected chi connectivity index (χ2v) is 7.83. The van der Waals surface area contributed by atoms with E-state index in [1.54, 1.807) is 20.8 Å². The average molecular weight is 351 g/mol. The van der Waals surface area contributed by atoms with Crippen molar-refractivity contribution >= 4 is 17.3 Å². The van der Waals surface area contributed by atoms with Crippen molar-refractivity contribution in [3.63, 3.8) is 0 Å². The topological polar surface area (TPSA) is 61.4 Å². The molecule has 0 amide bonds. The molecule has 0 saturated heterocycles. The van der Waals surface area contributed by atoms with Gasteiger partial charge in [0.15, 0.2) is 6.04 Å². The molecule has 23 heavy (non-hydrogen) atoms. The van der Waals surface area contributed by atoms with Gasteiger partial charge in [-0.1, -0.05) is 12.1 Å². The van der Waals surface area contributed by atoms with Gasteiger partial charge in [0.05, 0.1) is 6.61 Å². The van der Waals surface area contributed by atoms with Gasteiger partial charge in [0.25, 0.3) is 0 Å². The molecule has 0 fully saturated rings. The first-order valence-corrected chi connectivity index (χ1v) is 8.13. The van der Waals surface area contributed by atoms with Gasteiger partial charge in [-0.05, 0) is 45.4 Å². The van der Waals surface area contributed by atoms with Crippen LogP contribution in [-0.2, 0) is 20.9 Å². The molecule has 1 aromatic rings. The van der Waals surface area contributed by atoms with E-state index in [-0.39, 0.29) is 12.2 Å². The molecule has 1 unspecified atom stereocenters. The molecule has 1 rings (SSSR count). The highest BCUT2D eigenvalue weighted by atomic mass is 32.2. The standard InChI is InChI=1S/C15H20F3NO3S/c1-5-22-13(20)15(17,18)12(19-23(21)14(2,3)4)10-7-6-8-11(16)9-10/h6-9,12,19H,5H2,1-4H3/t12-,23?/m0/s1. The second-order valence-electron chi connectivity index (χ2n) is 5.83. The third kappa shape index (κ3) is 5.12. The number of alkyl halides is 2. The van der Waals surface area contributed by atoms with Crippen molar-refractivity contribution in [2.45, 2.75) is 44.4 Å². The molecule has 2 atom stereocenters. The highest BCUT2D eigenvalue weighted by Gasteiger charge is 2.52. The zero-order valence-corrected chi connectivity index (χ0v) is 14.2. The zero-order valence-electron chi connectivity index (χ0n) is 13.4. The Morgan fingerprint density at radius 3 is 2.48 bits per heavy atom. The molecule has 8 heteroatoms. The minimum absolute atomic E-state index is 0.194. The number of carbonyl (C=O) groups is 1. The fraction of sp³-hybridized carbons (Fsp3) is 0.533. The Bertz CT molecular complexity index is 549. The van der Waals surface area contributed by atoms with Gasteiger partial charge in [-0.2, -0.15) is 8.78 Å². The number of benzene rings is 1. The minimum Gasteiger partial charge on any atom is -0.598 e. The first-order chi connectivity index (χ1) is 10.5. The van der Waals surface area contributed by atoms with Gasteiger partial charge < -0.3 is 9.29 Å². The number of esters is 1. The summed E-state index contributed by atoms with van der Waals surface area (Å²) >= 11 is -1.90. The van der Waals surface area contributed by atoms with Crippen LogP contribution in [0.4, 0.5) is 13.2 Å². The molecule has 1 N–H and O–H groups in total. The Hall–Kier alpha value is -1.25. The number of halogens is 3. The molecular formula is C15H20F3NO3S. The number of nitrogens with one attached hydrogen (secondary N) is 1. The Morgan fingerprint density at radius 1 is 1.39 bits per heavy atom. The number of hydrogen-bond donors (Lipinski definition) is 1. The molecule has 0 heterocycles. The summed E-state index contributed by atoms with van der Waals surface area (Å²) in [6, 6.07) is 2.44. The van der Waals surface area contributed by atoms with Gasteiger partial charge in [0.2, 0.25) is 0 Å². The summed E-state index contributed by atoms with van der Waals surface area (Å²) in [5.74, 6) is -6.51. The fourth-order valence-electron chi connectivity index (χ4n) is 1.67.